The van der Waals surface area contributed by atoms with Crippen LogP contribution < -0.4 is 10.1 Å². The predicted octanol–water partition coefficient (Wildman–Crippen LogP) is 5.42. The molecule has 2 heterocycles. The third kappa shape index (κ3) is 4.66. The molecule has 1 aromatic heterocycles. The number of likely N-dealkylation sites (N-methyl/N-ethyl adjacent to an activating group) is 1. The molecule has 8 nitrogen and oxygen atoms in total. The normalized spacial score (nSPS) is 15.9. The molecule has 160 valence electrons. The fraction of sp³-hybridized carbons (Fsp3) is 0.190. The molecule has 0 spiro atoms. The van der Waals surface area contributed by atoms with Crippen LogP contribution in [-0.2, 0) is 6.54 Å². The first kappa shape index (κ1) is 21.2. The molecular weight excluding hydrogens is 443 g/mol. The van der Waals surface area contributed by atoms with E-state index in [0.29, 0.717) is 15.7 Å². The predicted molar refractivity (Wildman–Crippen MR) is 118 cm³/mol. The molecule has 2 aromatic carbocycles. The highest BCUT2D eigenvalue weighted by molar-refractivity contribution is 6.35. The van der Waals surface area contributed by atoms with Crippen molar-refractivity contribution < 1.29 is 14.5 Å². The van der Waals surface area contributed by atoms with Crippen LogP contribution in [0.2, 0.25) is 10.0 Å². The zero-order chi connectivity index (χ0) is 22.1. The van der Waals surface area contributed by atoms with Crippen molar-refractivity contribution in [2.75, 3.05) is 18.9 Å². The second-order valence-electron chi connectivity index (χ2n) is 7.32. The molecule has 1 amide bonds. The molecule has 0 aliphatic carbocycles. The number of anilines is 1. The van der Waals surface area contributed by atoms with Crippen LogP contribution in [0.25, 0.3) is 0 Å². The quantitative estimate of drug-likeness (QED) is 0.399. The van der Waals surface area contributed by atoms with E-state index < -0.39 is 11.0 Å². The van der Waals surface area contributed by atoms with Crippen LogP contribution >= 0.6 is 23.2 Å². The van der Waals surface area contributed by atoms with E-state index in [1.165, 1.54) is 0 Å². The van der Waals surface area contributed by atoms with Gasteiger partial charge in [-0.3, -0.25) is 15.4 Å². The van der Waals surface area contributed by atoms with Crippen LogP contribution in [0.1, 0.15) is 22.6 Å². The van der Waals surface area contributed by atoms with Gasteiger partial charge in [0.25, 0.3) is 5.69 Å². The third-order valence-electron chi connectivity index (χ3n) is 5.11. The molecule has 31 heavy (non-hydrogen) atoms. The Morgan fingerprint density at radius 1 is 1.26 bits per heavy atom. The van der Waals surface area contributed by atoms with Crippen molar-refractivity contribution in [1.29, 1.82) is 0 Å². The van der Waals surface area contributed by atoms with E-state index in [0.717, 1.165) is 42.0 Å². The molecule has 2 N–H and O–H groups in total. The number of benzene rings is 2. The van der Waals surface area contributed by atoms with E-state index in [-0.39, 0.29) is 17.5 Å². The lowest BCUT2D eigenvalue weighted by Crippen LogP contribution is -2.31. The lowest BCUT2D eigenvalue weighted by Gasteiger charge is -2.33. The number of nitrogens with zero attached hydrogens (tertiary/aromatic N) is 2. The highest BCUT2D eigenvalue weighted by Gasteiger charge is 2.27. The van der Waals surface area contributed by atoms with Gasteiger partial charge in [0.1, 0.15) is 0 Å². The maximum Gasteiger partial charge on any atom is 0.418 e. The number of hydrogen-bond acceptors (Lipinski definition) is 5. The summed E-state index contributed by atoms with van der Waals surface area (Å²) in [4.78, 5) is 26.9. The number of nitro groups is 1. The van der Waals surface area contributed by atoms with Gasteiger partial charge in [-0.2, -0.15) is 0 Å². The number of aromatic amines is 1. The van der Waals surface area contributed by atoms with Crippen LogP contribution in [-0.4, -0.2) is 34.5 Å². The highest BCUT2D eigenvalue weighted by Crippen LogP contribution is 2.38. The zero-order valence-electron chi connectivity index (χ0n) is 16.4. The van der Waals surface area contributed by atoms with Crippen molar-refractivity contribution in [3.05, 3.63) is 85.5 Å². The maximum absolute atomic E-state index is 12.1. The summed E-state index contributed by atoms with van der Waals surface area (Å²) in [6.07, 6.45) is 0.389. The van der Waals surface area contributed by atoms with E-state index >= 15 is 0 Å². The van der Waals surface area contributed by atoms with Gasteiger partial charge in [0.15, 0.2) is 0 Å². The Morgan fingerprint density at radius 3 is 2.68 bits per heavy atom. The Hall–Kier alpha value is -3.07. The van der Waals surface area contributed by atoms with Crippen LogP contribution in [0.3, 0.4) is 0 Å². The average Bonchev–Trinajstić information content (AvgIpc) is 3.17. The number of nitrogens with one attached hydrogen (secondary N) is 2. The number of carbonyl (C=O) groups excluding carboxylic acids is 1. The van der Waals surface area contributed by atoms with Gasteiger partial charge in [0.2, 0.25) is 5.88 Å². The number of hydrogen-bond donors (Lipinski definition) is 2. The summed E-state index contributed by atoms with van der Waals surface area (Å²) < 4.78 is 5.04. The Balaban J connectivity index is 1.48. The van der Waals surface area contributed by atoms with Gasteiger partial charge in [-0.1, -0.05) is 35.3 Å². The first-order valence-corrected chi connectivity index (χ1v) is 10.1. The second-order valence-corrected chi connectivity index (χ2v) is 8.16. The number of carbonyl (C=O) groups is 1. The monoisotopic (exact) mass is 460 g/mol. The van der Waals surface area contributed by atoms with Gasteiger partial charge in [0, 0.05) is 34.7 Å². The average molecular weight is 461 g/mol. The van der Waals surface area contributed by atoms with E-state index in [2.05, 4.69) is 15.2 Å². The minimum absolute atomic E-state index is 0.0172. The molecule has 0 fully saturated rings. The van der Waals surface area contributed by atoms with E-state index in [1.54, 1.807) is 18.2 Å². The first-order valence-electron chi connectivity index (χ1n) is 9.38. The number of halogens is 2. The molecule has 0 saturated heterocycles. The summed E-state index contributed by atoms with van der Waals surface area (Å²) in [5, 5.41) is 14.6. The van der Waals surface area contributed by atoms with Gasteiger partial charge < -0.3 is 14.6 Å². The Bertz CT molecular complexity index is 1150. The Labute approximate surface area is 187 Å². The third-order valence-corrected chi connectivity index (χ3v) is 5.66. The van der Waals surface area contributed by atoms with Crippen molar-refractivity contribution in [3.8, 4) is 5.88 Å². The molecule has 0 bridgehead atoms. The fourth-order valence-corrected chi connectivity index (χ4v) is 4.27. The van der Waals surface area contributed by atoms with E-state index in [9.17, 15) is 14.9 Å². The lowest BCUT2D eigenvalue weighted by molar-refractivity contribution is -0.384. The van der Waals surface area contributed by atoms with Crippen molar-refractivity contribution in [2.24, 2.45) is 0 Å². The minimum atomic E-state index is -0.759. The first-order chi connectivity index (χ1) is 14.8. The van der Waals surface area contributed by atoms with Crippen LogP contribution in [0, 0.1) is 10.1 Å². The Kier molecular flexibility index (Phi) is 5.86. The number of H-pyrrole nitrogens is 1. The van der Waals surface area contributed by atoms with Crippen molar-refractivity contribution in [2.45, 2.75) is 12.5 Å². The molecule has 0 radical (unpaired) electrons. The van der Waals surface area contributed by atoms with Gasteiger partial charge in [0.05, 0.1) is 17.2 Å². The number of ether oxygens (including phenoxy) is 1. The summed E-state index contributed by atoms with van der Waals surface area (Å²) in [5.41, 5.74) is 3.57. The highest BCUT2D eigenvalue weighted by atomic mass is 35.5. The summed E-state index contributed by atoms with van der Waals surface area (Å²) in [5.74, 6) is 0.0712. The van der Waals surface area contributed by atoms with Gasteiger partial charge in [-0.05, 0) is 48.0 Å². The van der Waals surface area contributed by atoms with Gasteiger partial charge >= 0.3 is 6.09 Å². The van der Waals surface area contributed by atoms with Gasteiger partial charge in [-0.15, -0.1) is 0 Å². The molecule has 10 heteroatoms. The molecule has 1 unspecified atom stereocenters. The summed E-state index contributed by atoms with van der Waals surface area (Å²) in [6, 6.07) is 12.3. The summed E-state index contributed by atoms with van der Waals surface area (Å²) in [7, 11) is 2.04. The number of amides is 1. The molecular formula is C21H18Cl2N4O4. The fourth-order valence-electron chi connectivity index (χ4n) is 3.70. The SMILES string of the molecule is CN1Cc2c(Cl)cc(Cl)cc2C(c2ccc(NC(=O)Oc3cc([N+](=O)[O-])c[nH]3)cc2)C1. The van der Waals surface area contributed by atoms with Crippen LogP contribution in [0.15, 0.2) is 48.7 Å². The van der Waals surface area contributed by atoms with E-state index in [1.807, 2.05) is 25.2 Å². The minimum Gasteiger partial charge on any atom is -0.393 e. The van der Waals surface area contributed by atoms with E-state index in [4.69, 9.17) is 27.9 Å². The zero-order valence-corrected chi connectivity index (χ0v) is 17.9. The number of rotatable bonds is 4. The topological polar surface area (TPSA) is 100 Å². The van der Waals surface area contributed by atoms with Crippen molar-refractivity contribution in [1.82, 2.24) is 9.88 Å². The summed E-state index contributed by atoms with van der Waals surface area (Å²) in [6.45, 7) is 1.56. The Morgan fingerprint density at radius 2 is 2.00 bits per heavy atom. The second kappa shape index (κ2) is 8.58. The molecule has 1 aliphatic heterocycles. The lowest BCUT2D eigenvalue weighted by atomic mass is 9.85. The summed E-state index contributed by atoms with van der Waals surface area (Å²) >= 11 is 12.7. The van der Waals surface area contributed by atoms with Gasteiger partial charge in [-0.25, -0.2) is 4.79 Å². The molecule has 3 aromatic rings. The van der Waals surface area contributed by atoms with Crippen LogP contribution in [0.4, 0.5) is 16.2 Å². The van der Waals surface area contributed by atoms with Crippen molar-refractivity contribution >= 4 is 40.7 Å². The molecule has 1 aliphatic rings. The molecule has 0 saturated carbocycles. The number of fused-ring (bicyclic) bond motifs is 1. The smallest absolute Gasteiger partial charge is 0.393 e. The number of aromatic nitrogens is 1. The molecule has 1 atom stereocenters. The van der Waals surface area contributed by atoms with Crippen molar-refractivity contribution in [3.63, 3.8) is 0 Å². The largest absolute Gasteiger partial charge is 0.418 e. The standard InChI is InChI=1S/C21H18Cl2N4O4/c1-26-10-17(16-6-13(22)7-19(23)18(16)11-26)12-2-4-14(5-3-12)25-21(28)31-20-8-15(9-24-20)27(29)30/h2-9,17,24H,10-11H2,1H3,(H,25,28). The van der Waals surface area contributed by atoms with Crippen LogP contribution in [0.5, 0.6) is 5.88 Å². The molecule has 4 rings (SSSR count). The maximum atomic E-state index is 12.1.